The molecule has 0 bridgehead atoms. The molecule has 1 amide bonds. The molecule has 0 saturated heterocycles. The van der Waals surface area contributed by atoms with Crippen LogP contribution in [-0.2, 0) is 11.2 Å². The molecule has 5 nitrogen and oxygen atoms in total. The summed E-state index contributed by atoms with van der Waals surface area (Å²) in [6.07, 6.45) is 1.26. The molecule has 0 atom stereocenters. The SMILES string of the molecule is COc1ccc(CC(=O)NCCCN(C)C)c(OC)c1. The van der Waals surface area contributed by atoms with Crippen molar-refractivity contribution >= 4 is 5.91 Å². The van der Waals surface area contributed by atoms with E-state index >= 15 is 0 Å². The molecule has 0 unspecified atom stereocenters. The molecule has 0 fully saturated rings. The van der Waals surface area contributed by atoms with Crippen molar-refractivity contribution in [1.29, 1.82) is 0 Å². The number of carbonyl (C=O) groups is 1. The highest BCUT2D eigenvalue weighted by molar-refractivity contribution is 5.79. The first-order chi connectivity index (χ1) is 9.56. The van der Waals surface area contributed by atoms with Gasteiger partial charge in [0.05, 0.1) is 20.6 Å². The van der Waals surface area contributed by atoms with Gasteiger partial charge in [0, 0.05) is 18.2 Å². The molecule has 0 radical (unpaired) electrons. The maximum atomic E-state index is 11.9. The number of amides is 1. The third-order valence-corrected chi connectivity index (χ3v) is 2.95. The fourth-order valence-corrected chi connectivity index (χ4v) is 1.86. The van der Waals surface area contributed by atoms with Crippen molar-refractivity contribution in [3.63, 3.8) is 0 Å². The summed E-state index contributed by atoms with van der Waals surface area (Å²) in [4.78, 5) is 14.0. The molecule has 20 heavy (non-hydrogen) atoms. The van der Waals surface area contributed by atoms with Gasteiger partial charge in [-0.25, -0.2) is 0 Å². The highest BCUT2D eigenvalue weighted by Crippen LogP contribution is 2.24. The summed E-state index contributed by atoms with van der Waals surface area (Å²) >= 11 is 0. The first-order valence-electron chi connectivity index (χ1n) is 6.69. The van der Waals surface area contributed by atoms with E-state index in [1.807, 2.05) is 26.2 Å². The van der Waals surface area contributed by atoms with Gasteiger partial charge < -0.3 is 19.7 Å². The summed E-state index contributed by atoms with van der Waals surface area (Å²) in [5.74, 6) is 1.40. The summed E-state index contributed by atoms with van der Waals surface area (Å²) in [6, 6.07) is 5.48. The van der Waals surface area contributed by atoms with Crippen LogP contribution in [0.2, 0.25) is 0 Å². The van der Waals surface area contributed by atoms with E-state index in [-0.39, 0.29) is 5.91 Å². The van der Waals surface area contributed by atoms with E-state index in [4.69, 9.17) is 9.47 Å². The molecule has 112 valence electrons. The lowest BCUT2D eigenvalue weighted by Crippen LogP contribution is -2.28. The zero-order valence-electron chi connectivity index (χ0n) is 12.7. The second-order valence-corrected chi connectivity index (χ2v) is 4.86. The molecule has 1 aromatic rings. The number of carbonyl (C=O) groups excluding carboxylic acids is 1. The van der Waals surface area contributed by atoms with Crippen LogP contribution in [0.1, 0.15) is 12.0 Å². The predicted molar refractivity (Wildman–Crippen MR) is 79.4 cm³/mol. The summed E-state index contributed by atoms with van der Waals surface area (Å²) in [6.45, 7) is 1.65. The summed E-state index contributed by atoms with van der Waals surface area (Å²) in [5, 5.41) is 2.91. The molecule has 1 aromatic carbocycles. The number of methoxy groups -OCH3 is 2. The average molecular weight is 280 g/mol. The third-order valence-electron chi connectivity index (χ3n) is 2.95. The maximum absolute atomic E-state index is 11.9. The third kappa shape index (κ3) is 5.48. The van der Waals surface area contributed by atoms with E-state index in [0.29, 0.717) is 18.7 Å². The van der Waals surface area contributed by atoms with E-state index in [1.165, 1.54) is 0 Å². The molecule has 0 aliphatic heterocycles. The summed E-state index contributed by atoms with van der Waals surface area (Å²) in [7, 11) is 7.23. The van der Waals surface area contributed by atoms with E-state index in [9.17, 15) is 4.79 Å². The Hall–Kier alpha value is -1.75. The number of hydrogen-bond donors (Lipinski definition) is 1. The molecule has 0 saturated carbocycles. The van der Waals surface area contributed by atoms with Crippen molar-refractivity contribution in [3.05, 3.63) is 23.8 Å². The largest absolute Gasteiger partial charge is 0.497 e. The lowest BCUT2D eigenvalue weighted by atomic mass is 10.1. The Labute approximate surface area is 120 Å². The van der Waals surface area contributed by atoms with Crippen LogP contribution in [-0.4, -0.2) is 52.2 Å². The van der Waals surface area contributed by atoms with Crippen molar-refractivity contribution < 1.29 is 14.3 Å². The average Bonchev–Trinajstić information content (AvgIpc) is 2.43. The highest BCUT2D eigenvalue weighted by Gasteiger charge is 2.09. The fourth-order valence-electron chi connectivity index (χ4n) is 1.86. The van der Waals surface area contributed by atoms with Gasteiger partial charge in [-0.1, -0.05) is 6.07 Å². The smallest absolute Gasteiger partial charge is 0.224 e. The van der Waals surface area contributed by atoms with E-state index < -0.39 is 0 Å². The Morgan fingerprint density at radius 1 is 1.25 bits per heavy atom. The van der Waals surface area contributed by atoms with Gasteiger partial charge in [-0.2, -0.15) is 0 Å². The summed E-state index contributed by atoms with van der Waals surface area (Å²) < 4.78 is 10.4. The van der Waals surface area contributed by atoms with E-state index in [2.05, 4.69) is 10.2 Å². The molecule has 5 heteroatoms. The van der Waals surface area contributed by atoms with Gasteiger partial charge in [-0.3, -0.25) is 4.79 Å². The van der Waals surface area contributed by atoms with Crippen LogP contribution in [0.3, 0.4) is 0 Å². The zero-order valence-corrected chi connectivity index (χ0v) is 12.7. The van der Waals surface area contributed by atoms with Gasteiger partial charge in [-0.15, -0.1) is 0 Å². The Balaban J connectivity index is 2.49. The number of nitrogens with zero attached hydrogens (tertiary/aromatic N) is 1. The number of rotatable bonds is 8. The predicted octanol–water partition coefficient (Wildman–Crippen LogP) is 1.31. The monoisotopic (exact) mass is 280 g/mol. The molecule has 0 spiro atoms. The van der Waals surface area contributed by atoms with Crippen LogP contribution >= 0.6 is 0 Å². The Kier molecular flexibility index (Phi) is 6.87. The topological polar surface area (TPSA) is 50.8 Å². The minimum atomic E-state index is 0.00669. The van der Waals surface area contributed by atoms with Crippen LogP contribution in [0.4, 0.5) is 0 Å². The minimum absolute atomic E-state index is 0.00669. The second-order valence-electron chi connectivity index (χ2n) is 4.86. The van der Waals surface area contributed by atoms with Crippen molar-refractivity contribution in [2.45, 2.75) is 12.8 Å². The van der Waals surface area contributed by atoms with Crippen molar-refractivity contribution in [2.24, 2.45) is 0 Å². The first-order valence-corrected chi connectivity index (χ1v) is 6.69. The fraction of sp³-hybridized carbons (Fsp3) is 0.533. The van der Waals surface area contributed by atoms with Gasteiger partial charge in [0.1, 0.15) is 11.5 Å². The molecule has 1 rings (SSSR count). The Morgan fingerprint density at radius 2 is 2.00 bits per heavy atom. The molecule has 0 aliphatic carbocycles. The number of benzene rings is 1. The lowest BCUT2D eigenvalue weighted by Gasteiger charge is -2.12. The molecule has 0 aromatic heterocycles. The van der Waals surface area contributed by atoms with Crippen molar-refractivity contribution in [2.75, 3.05) is 41.4 Å². The summed E-state index contributed by atoms with van der Waals surface area (Å²) in [5.41, 5.74) is 0.860. The lowest BCUT2D eigenvalue weighted by molar-refractivity contribution is -0.120. The van der Waals surface area contributed by atoms with Gasteiger partial charge >= 0.3 is 0 Å². The van der Waals surface area contributed by atoms with Crippen LogP contribution in [0.25, 0.3) is 0 Å². The normalized spacial score (nSPS) is 10.4. The van der Waals surface area contributed by atoms with Gasteiger partial charge in [0.2, 0.25) is 5.91 Å². The second kappa shape index (κ2) is 8.43. The Bertz CT molecular complexity index is 433. The van der Waals surface area contributed by atoms with E-state index in [1.54, 1.807) is 20.3 Å². The minimum Gasteiger partial charge on any atom is -0.497 e. The maximum Gasteiger partial charge on any atom is 0.224 e. The zero-order chi connectivity index (χ0) is 15.0. The van der Waals surface area contributed by atoms with Gasteiger partial charge in [-0.05, 0) is 33.1 Å². The number of nitrogens with one attached hydrogen (secondary N) is 1. The van der Waals surface area contributed by atoms with Gasteiger partial charge in [0.15, 0.2) is 0 Å². The van der Waals surface area contributed by atoms with Crippen molar-refractivity contribution in [3.8, 4) is 11.5 Å². The van der Waals surface area contributed by atoms with Crippen LogP contribution < -0.4 is 14.8 Å². The quantitative estimate of drug-likeness (QED) is 0.730. The van der Waals surface area contributed by atoms with Crippen LogP contribution in [0, 0.1) is 0 Å². The molecule has 0 aliphatic rings. The van der Waals surface area contributed by atoms with Gasteiger partial charge in [0.25, 0.3) is 0 Å². The standard InChI is InChI=1S/C15H24N2O3/c1-17(2)9-5-8-16-15(18)10-12-6-7-13(19-3)11-14(12)20-4/h6-7,11H,5,8-10H2,1-4H3,(H,16,18). The Morgan fingerprint density at radius 3 is 2.60 bits per heavy atom. The number of hydrogen-bond acceptors (Lipinski definition) is 4. The molecular weight excluding hydrogens is 256 g/mol. The molecule has 1 N–H and O–H groups in total. The number of ether oxygens (including phenoxy) is 2. The van der Waals surface area contributed by atoms with E-state index in [0.717, 1.165) is 24.3 Å². The first kappa shape index (κ1) is 16.3. The van der Waals surface area contributed by atoms with Crippen LogP contribution in [0.15, 0.2) is 18.2 Å². The van der Waals surface area contributed by atoms with Crippen LogP contribution in [0.5, 0.6) is 11.5 Å². The van der Waals surface area contributed by atoms with Crippen molar-refractivity contribution in [1.82, 2.24) is 10.2 Å². The molecular formula is C15H24N2O3. The molecule has 0 heterocycles. The highest BCUT2D eigenvalue weighted by atomic mass is 16.5.